The van der Waals surface area contributed by atoms with Gasteiger partial charge in [-0.15, -0.1) is 0 Å². The molecule has 0 bridgehead atoms. The Morgan fingerprint density at radius 2 is 1.62 bits per heavy atom. The smallest absolute Gasteiger partial charge is 0.293 e. The number of amides is 2. The first-order chi connectivity index (χ1) is 19.0. The summed E-state index contributed by atoms with van der Waals surface area (Å²) in [6.45, 7) is 1.45. The molecule has 39 heavy (non-hydrogen) atoms. The number of imide groups is 1. The van der Waals surface area contributed by atoms with Crippen molar-refractivity contribution < 1.29 is 28.2 Å². The molecule has 2 amide bonds. The highest BCUT2D eigenvalue weighted by molar-refractivity contribution is 8.18. The van der Waals surface area contributed by atoms with E-state index in [1.165, 1.54) is 29.2 Å². The zero-order chi connectivity index (χ0) is 27.2. The SMILES string of the molecule is COc1ccccc1OCCCn1cc(/C=C2\SC(=O)N(CCOc3ccc(F)cc3)C2=O)c2ccccc21. The second-order valence-electron chi connectivity index (χ2n) is 8.78. The highest BCUT2D eigenvalue weighted by Gasteiger charge is 2.35. The van der Waals surface area contributed by atoms with Crippen molar-refractivity contribution in [1.82, 2.24) is 9.47 Å². The third-order valence-corrected chi connectivity index (χ3v) is 7.15. The monoisotopic (exact) mass is 546 g/mol. The van der Waals surface area contributed by atoms with E-state index in [0.717, 1.165) is 34.6 Å². The molecule has 0 unspecified atom stereocenters. The molecule has 2 heterocycles. The molecule has 0 radical (unpaired) electrons. The lowest BCUT2D eigenvalue weighted by atomic mass is 10.1. The fraction of sp³-hybridized carbons (Fsp3) is 0.200. The fourth-order valence-corrected chi connectivity index (χ4v) is 5.21. The van der Waals surface area contributed by atoms with Gasteiger partial charge in [-0.2, -0.15) is 0 Å². The van der Waals surface area contributed by atoms with E-state index in [9.17, 15) is 14.0 Å². The minimum Gasteiger partial charge on any atom is -0.493 e. The van der Waals surface area contributed by atoms with Crippen LogP contribution in [-0.4, -0.2) is 47.5 Å². The van der Waals surface area contributed by atoms with Crippen LogP contribution in [0.15, 0.2) is 83.9 Å². The molecule has 5 rings (SSSR count). The molecule has 4 aromatic rings. The number of carbonyl (C=O) groups is 2. The predicted octanol–water partition coefficient (Wildman–Crippen LogP) is 6.37. The first-order valence-corrected chi connectivity index (χ1v) is 13.3. The Bertz CT molecular complexity index is 1520. The number of carbonyl (C=O) groups excluding carboxylic acids is 2. The van der Waals surface area contributed by atoms with E-state index in [-0.39, 0.29) is 30.1 Å². The molecule has 0 atom stereocenters. The number of ether oxygens (including phenoxy) is 3. The van der Waals surface area contributed by atoms with Gasteiger partial charge in [0, 0.05) is 29.2 Å². The van der Waals surface area contributed by atoms with Crippen molar-refractivity contribution in [2.75, 3.05) is 26.9 Å². The Balaban J connectivity index is 1.24. The number of aromatic nitrogens is 1. The Labute approximate surface area is 229 Å². The minimum atomic E-state index is -0.360. The minimum absolute atomic E-state index is 0.105. The van der Waals surface area contributed by atoms with Crippen LogP contribution in [0.4, 0.5) is 9.18 Å². The summed E-state index contributed by atoms with van der Waals surface area (Å²) < 4.78 is 32.0. The number of aryl methyl sites for hydroxylation is 1. The van der Waals surface area contributed by atoms with Gasteiger partial charge in [0.2, 0.25) is 0 Å². The molecule has 1 aromatic heterocycles. The van der Waals surface area contributed by atoms with E-state index in [1.807, 2.05) is 54.7 Å². The number of nitrogens with zero attached hydrogens (tertiary/aromatic N) is 2. The van der Waals surface area contributed by atoms with E-state index in [4.69, 9.17) is 14.2 Å². The summed E-state index contributed by atoms with van der Waals surface area (Å²) in [6, 6.07) is 21.1. The number of rotatable bonds is 11. The molecule has 200 valence electrons. The van der Waals surface area contributed by atoms with Crippen molar-refractivity contribution >= 4 is 39.9 Å². The molecule has 0 aliphatic carbocycles. The largest absolute Gasteiger partial charge is 0.493 e. The summed E-state index contributed by atoms with van der Waals surface area (Å²) in [5.74, 6) is 1.16. The summed E-state index contributed by atoms with van der Waals surface area (Å²) in [5.41, 5.74) is 1.90. The van der Waals surface area contributed by atoms with Crippen LogP contribution >= 0.6 is 11.8 Å². The number of hydrogen-bond acceptors (Lipinski definition) is 6. The quantitative estimate of drug-likeness (QED) is 0.161. The molecule has 1 fully saturated rings. The van der Waals surface area contributed by atoms with E-state index < -0.39 is 0 Å². The van der Waals surface area contributed by atoms with Gasteiger partial charge in [-0.1, -0.05) is 30.3 Å². The molecule has 1 saturated heterocycles. The Hall–Kier alpha value is -4.24. The third-order valence-electron chi connectivity index (χ3n) is 6.25. The van der Waals surface area contributed by atoms with Crippen molar-refractivity contribution in [3.8, 4) is 17.2 Å². The van der Waals surface area contributed by atoms with Crippen LogP contribution < -0.4 is 14.2 Å². The highest BCUT2D eigenvalue weighted by atomic mass is 32.2. The van der Waals surface area contributed by atoms with Gasteiger partial charge in [0.05, 0.1) is 25.2 Å². The lowest BCUT2D eigenvalue weighted by Gasteiger charge is -2.13. The molecule has 0 spiro atoms. The van der Waals surface area contributed by atoms with Gasteiger partial charge < -0.3 is 18.8 Å². The molecule has 7 nitrogen and oxygen atoms in total. The average molecular weight is 547 g/mol. The summed E-state index contributed by atoms with van der Waals surface area (Å²) in [7, 11) is 1.62. The second kappa shape index (κ2) is 12.1. The first-order valence-electron chi connectivity index (χ1n) is 12.5. The van der Waals surface area contributed by atoms with Gasteiger partial charge in [-0.3, -0.25) is 14.5 Å². The van der Waals surface area contributed by atoms with Crippen LogP contribution in [-0.2, 0) is 11.3 Å². The topological polar surface area (TPSA) is 70.0 Å². The Kier molecular flexibility index (Phi) is 8.17. The fourth-order valence-electron chi connectivity index (χ4n) is 4.35. The van der Waals surface area contributed by atoms with Crippen LogP contribution in [0.3, 0.4) is 0 Å². The summed E-state index contributed by atoms with van der Waals surface area (Å²) in [6.07, 6.45) is 4.54. The predicted molar refractivity (Wildman–Crippen MR) is 150 cm³/mol. The van der Waals surface area contributed by atoms with Crippen LogP contribution in [0.1, 0.15) is 12.0 Å². The lowest BCUT2D eigenvalue weighted by Crippen LogP contribution is -2.32. The van der Waals surface area contributed by atoms with Gasteiger partial charge in [-0.25, -0.2) is 4.39 Å². The maximum absolute atomic E-state index is 13.1. The van der Waals surface area contributed by atoms with Crippen molar-refractivity contribution in [3.05, 3.63) is 95.3 Å². The first kappa shape index (κ1) is 26.4. The maximum atomic E-state index is 13.1. The number of halogens is 1. The van der Waals surface area contributed by atoms with E-state index in [2.05, 4.69) is 4.57 Å². The molecule has 1 aliphatic heterocycles. The molecule has 3 aromatic carbocycles. The zero-order valence-corrected chi connectivity index (χ0v) is 22.2. The second-order valence-corrected chi connectivity index (χ2v) is 9.78. The molecular weight excluding hydrogens is 519 g/mol. The number of para-hydroxylation sites is 3. The number of fused-ring (bicyclic) bond motifs is 1. The third kappa shape index (κ3) is 6.09. The van der Waals surface area contributed by atoms with Crippen molar-refractivity contribution in [2.45, 2.75) is 13.0 Å². The molecule has 9 heteroatoms. The van der Waals surface area contributed by atoms with Gasteiger partial charge in [-0.05, 0) is 66.7 Å². The molecule has 0 N–H and O–H groups in total. The summed E-state index contributed by atoms with van der Waals surface area (Å²) in [4.78, 5) is 27.1. The maximum Gasteiger partial charge on any atom is 0.293 e. The molecular formula is C30H27FN2O5S. The zero-order valence-electron chi connectivity index (χ0n) is 21.3. The van der Waals surface area contributed by atoms with E-state index >= 15 is 0 Å². The van der Waals surface area contributed by atoms with Crippen LogP contribution in [0.2, 0.25) is 0 Å². The van der Waals surface area contributed by atoms with Gasteiger partial charge in [0.25, 0.3) is 11.1 Å². The van der Waals surface area contributed by atoms with Crippen molar-refractivity contribution in [3.63, 3.8) is 0 Å². The normalized spacial score (nSPS) is 14.4. The van der Waals surface area contributed by atoms with Gasteiger partial charge in [0.1, 0.15) is 18.2 Å². The van der Waals surface area contributed by atoms with Crippen molar-refractivity contribution in [2.24, 2.45) is 0 Å². The summed E-state index contributed by atoms with van der Waals surface area (Å²) in [5, 5.41) is 0.653. The average Bonchev–Trinajstić information content (AvgIpc) is 3.44. The van der Waals surface area contributed by atoms with Crippen LogP contribution in [0.25, 0.3) is 17.0 Å². The van der Waals surface area contributed by atoms with Gasteiger partial charge in [0.15, 0.2) is 11.5 Å². The number of benzene rings is 3. The number of hydrogen-bond donors (Lipinski definition) is 0. The number of thioether (sulfide) groups is 1. The van der Waals surface area contributed by atoms with E-state index in [0.29, 0.717) is 35.3 Å². The molecule has 0 saturated carbocycles. The lowest BCUT2D eigenvalue weighted by molar-refractivity contribution is -0.123. The number of methoxy groups -OCH3 is 1. The standard InChI is InChI=1S/C30H27FN2O5S/c1-36-26-9-4-5-10-27(26)38-17-6-15-32-20-21(24-7-2-3-8-25(24)32)19-28-29(34)33(30(35)39-28)16-18-37-23-13-11-22(31)12-14-23/h2-5,7-14,19-20H,6,15-18H2,1H3/b28-19-. The van der Waals surface area contributed by atoms with Crippen molar-refractivity contribution in [1.29, 1.82) is 0 Å². The Morgan fingerprint density at radius 3 is 2.41 bits per heavy atom. The molecule has 1 aliphatic rings. The highest BCUT2D eigenvalue weighted by Crippen LogP contribution is 2.34. The summed E-state index contributed by atoms with van der Waals surface area (Å²) >= 11 is 0.917. The van der Waals surface area contributed by atoms with Gasteiger partial charge >= 0.3 is 0 Å². The van der Waals surface area contributed by atoms with E-state index in [1.54, 1.807) is 13.2 Å². The van der Waals surface area contributed by atoms with Crippen LogP contribution in [0, 0.1) is 5.82 Å². The Morgan fingerprint density at radius 1 is 0.872 bits per heavy atom. The van der Waals surface area contributed by atoms with Crippen LogP contribution in [0.5, 0.6) is 17.2 Å².